The van der Waals surface area contributed by atoms with Crippen molar-refractivity contribution in [3.63, 3.8) is 0 Å². The van der Waals surface area contributed by atoms with Crippen LogP contribution in [0.15, 0.2) is 42.5 Å². The fourth-order valence-corrected chi connectivity index (χ4v) is 3.38. The normalized spacial score (nSPS) is 17.3. The molecule has 1 aliphatic rings. The van der Waals surface area contributed by atoms with Crippen molar-refractivity contribution in [2.45, 2.75) is 45.1 Å². The van der Waals surface area contributed by atoms with E-state index in [1.807, 2.05) is 24.3 Å². The Labute approximate surface area is 149 Å². The van der Waals surface area contributed by atoms with Gasteiger partial charge in [0.25, 0.3) is 5.91 Å². The molecule has 0 bridgehead atoms. The minimum atomic E-state index is -0.166. The van der Waals surface area contributed by atoms with Gasteiger partial charge in [0.05, 0.1) is 0 Å². The highest BCUT2D eigenvalue weighted by Gasteiger charge is 2.22. The van der Waals surface area contributed by atoms with E-state index in [0.29, 0.717) is 18.3 Å². The van der Waals surface area contributed by atoms with E-state index in [0.717, 1.165) is 25.2 Å². The number of anilines is 1. The van der Waals surface area contributed by atoms with E-state index >= 15 is 0 Å². The zero-order chi connectivity index (χ0) is 17.5. The van der Waals surface area contributed by atoms with E-state index in [2.05, 4.69) is 39.5 Å². The van der Waals surface area contributed by atoms with Gasteiger partial charge < -0.3 is 10.2 Å². The average molecular weight is 338 g/mol. The summed E-state index contributed by atoms with van der Waals surface area (Å²) in [4.78, 5) is 14.5. The van der Waals surface area contributed by atoms with Gasteiger partial charge in [-0.25, -0.2) is 0 Å². The lowest BCUT2D eigenvalue weighted by Crippen LogP contribution is -2.39. The van der Waals surface area contributed by atoms with Gasteiger partial charge in [-0.2, -0.15) is 0 Å². The van der Waals surface area contributed by atoms with Gasteiger partial charge in [-0.1, -0.05) is 37.3 Å². The first kappa shape index (κ1) is 17.4. The summed E-state index contributed by atoms with van der Waals surface area (Å²) in [5.41, 5.74) is 1.59. The lowest BCUT2D eigenvalue weighted by Gasteiger charge is -2.35. The van der Waals surface area contributed by atoms with E-state index in [1.54, 1.807) is 6.07 Å². The van der Waals surface area contributed by atoms with Crippen LogP contribution < -0.4 is 10.2 Å². The molecule has 1 aromatic carbocycles. The summed E-state index contributed by atoms with van der Waals surface area (Å²) in [6, 6.07) is 14.4. The molecule has 0 radical (unpaired) electrons. The third-order valence-corrected chi connectivity index (χ3v) is 4.82. The molecule has 2 heterocycles. The van der Waals surface area contributed by atoms with E-state index in [-0.39, 0.29) is 5.91 Å². The summed E-state index contributed by atoms with van der Waals surface area (Å²) in [5.74, 6) is 0.716. The Bertz CT molecular complexity index is 672. The lowest BCUT2D eigenvalue weighted by molar-refractivity contribution is 0.0948. The average Bonchev–Trinajstić information content (AvgIpc) is 2.69. The van der Waals surface area contributed by atoms with Crippen molar-refractivity contribution in [2.24, 2.45) is 0 Å². The van der Waals surface area contributed by atoms with Crippen molar-refractivity contribution in [3.05, 3.63) is 53.7 Å². The van der Waals surface area contributed by atoms with Crippen LogP contribution in [0.4, 0.5) is 5.82 Å². The first-order valence-electron chi connectivity index (χ1n) is 9.20. The molecule has 5 nitrogen and oxygen atoms in total. The van der Waals surface area contributed by atoms with Crippen LogP contribution in [-0.4, -0.2) is 35.2 Å². The van der Waals surface area contributed by atoms with Crippen molar-refractivity contribution in [2.75, 3.05) is 18.0 Å². The maximum atomic E-state index is 12.2. The summed E-state index contributed by atoms with van der Waals surface area (Å²) in [6.45, 7) is 3.83. The largest absolute Gasteiger partial charge is 0.352 e. The number of nitrogens with zero attached hydrogens (tertiary/aromatic N) is 3. The molecule has 5 heteroatoms. The van der Waals surface area contributed by atoms with Gasteiger partial charge >= 0.3 is 0 Å². The molecular formula is C20H26N4O. The highest BCUT2D eigenvalue weighted by atomic mass is 16.1. The van der Waals surface area contributed by atoms with Crippen LogP contribution in [-0.2, 0) is 6.42 Å². The molecule has 1 aliphatic heterocycles. The third kappa shape index (κ3) is 4.56. The number of hydrogen-bond donors (Lipinski definition) is 1. The number of aromatic nitrogens is 2. The van der Waals surface area contributed by atoms with Crippen molar-refractivity contribution in [1.82, 2.24) is 15.5 Å². The van der Waals surface area contributed by atoms with Crippen LogP contribution in [0.2, 0.25) is 0 Å². The number of nitrogens with one attached hydrogen (secondary N) is 1. The molecule has 2 aromatic rings. The Kier molecular flexibility index (Phi) is 5.99. The van der Waals surface area contributed by atoms with E-state index < -0.39 is 0 Å². The van der Waals surface area contributed by atoms with Crippen molar-refractivity contribution in [3.8, 4) is 0 Å². The Hall–Kier alpha value is -2.43. The number of piperidine rings is 1. The van der Waals surface area contributed by atoms with Gasteiger partial charge in [0.15, 0.2) is 11.5 Å². The molecule has 25 heavy (non-hydrogen) atoms. The summed E-state index contributed by atoms with van der Waals surface area (Å²) in [5, 5.41) is 11.4. The topological polar surface area (TPSA) is 58.1 Å². The minimum Gasteiger partial charge on any atom is -0.352 e. The number of hydrogen-bond acceptors (Lipinski definition) is 4. The van der Waals surface area contributed by atoms with Crippen LogP contribution in [0.5, 0.6) is 0 Å². The first-order chi connectivity index (χ1) is 12.3. The molecule has 1 aromatic heterocycles. The van der Waals surface area contributed by atoms with Crippen molar-refractivity contribution < 1.29 is 4.79 Å². The maximum absolute atomic E-state index is 12.2. The Balaban J connectivity index is 1.55. The standard InChI is InChI=1S/C20H26N4O/c1-2-17-10-6-7-15-24(17)19-12-11-18(22-23-19)20(25)21-14-13-16-8-4-3-5-9-16/h3-5,8-9,11-12,17H,2,6-7,10,13-15H2,1H3,(H,21,25). The molecule has 1 atom stereocenters. The molecule has 3 rings (SSSR count). The third-order valence-electron chi connectivity index (χ3n) is 4.82. The van der Waals surface area contributed by atoms with Crippen LogP contribution in [0.3, 0.4) is 0 Å². The van der Waals surface area contributed by atoms with Crippen LogP contribution in [0.25, 0.3) is 0 Å². The quantitative estimate of drug-likeness (QED) is 0.878. The first-order valence-corrected chi connectivity index (χ1v) is 9.20. The zero-order valence-electron chi connectivity index (χ0n) is 14.8. The lowest BCUT2D eigenvalue weighted by atomic mass is 10.0. The number of rotatable bonds is 6. The molecule has 0 aliphatic carbocycles. The molecule has 1 N–H and O–H groups in total. The predicted molar refractivity (Wildman–Crippen MR) is 99.8 cm³/mol. The fourth-order valence-electron chi connectivity index (χ4n) is 3.38. The molecule has 1 saturated heterocycles. The summed E-state index contributed by atoms with van der Waals surface area (Å²) in [6.07, 6.45) is 5.61. The van der Waals surface area contributed by atoms with E-state index in [4.69, 9.17) is 0 Å². The molecule has 0 spiro atoms. The predicted octanol–water partition coefficient (Wildman–Crippen LogP) is 3.22. The molecular weight excluding hydrogens is 312 g/mol. The second kappa shape index (κ2) is 8.60. The second-order valence-corrected chi connectivity index (χ2v) is 6.52. The van der Waals surface area contributed by atoms with Crippen LogP contribution >= 0.6 is 0 Å². The van der Waals surface area contributed by atoms with Gasteiger partial charge in [-0.15, -0.1) is 10.2 Å². The molecule has 1 fully saturated rings. The molecule has 1 amide bonds. The summed E-state index contributed by atoms with van der Waals surface area (Å²) in [7, 11) is 0. The smallest absolute Gasteiger partial charge is 0.271 e. The van der Waals surface area contributed by atoms with Gasteiger partial charge in [0.1, 0.15) is 0 Å². The van der Waals surface area contributed by atoms with Gasteiger partial charge in [-0.05, 0) is 49.8 Å². The van der Waals surface area contributed by atoms with E-state index in [1.165, 1.54) is 24.8 Å². The summed E-state index contributed by atoms with van der Waals surface area (Å²) >= 11 is 0. The monoisotopic (exact) mass is 338 g/mol. The number of benzene rings is 1. The molecule has 0 saturated carbocycles. The SMILES string of the molecule is CCC1CCCCN1c1ccc(C(=O)NCCc2ccccc2)nn1. The highest BCUT2D eigenvalue weighted by Crippen LogP contribution is 2.24. The summed E-state index contributed by atoms with van der Waals surface area (Å²) < 4.78 is 0. The minimum absolute atomic E-state index is 0.166. The molecule has 132 valence electrons. The van der Waals surface area contributed by atoms with Crippen LogP contribution in [0, 0.1) is 0 Å². The maximum Gasteiger partial charge on any atom is 0.271 e. The number of amides is 1. The van der Waals surface area contributed by atoms with Gasteiger partial charge in [0.2, 0.25) is 0 Å². The number of carbonyl (C=O) groups excluding carboxylic acids is 1. The Morgan fingerprint density at radius 1 is 1.16 bits per heavy atom. The van der Waals surface area contributed by atoms with Crippen LogP contribution in [0.1, 0.15) is 48.7 Å². The Morgan fingerprint density at radius 2 is 2.00 bits per heavy atom. The molecule has 1 unspecified atom stereocenters. The fraction of sp³-hybridized carbons (Fsp3) is 0.450. The van der Waals surface area contributed by atoms with E-state index in [9.17, 15) is 4.79 Å². The highest BCUT2D eigenvalue weighted by molar-refractivity contribution is 5.92. The van der Waals surface area contributed by atoms with Gasteiger partial charge in [0, 0.05) is 19.1 Å². The number of carbonyl (C=O) groups is 1. The van der Waals surface area contributed by atoms with Crippen molar-refractivity contribution in [1.29, 1.82) is 0 Å². The zero-order valence-corrected chi connectivity index (χ0v) is 14.8. The second-order valence-electron chi connectivity index (χ2n) is 6.52. The van der Waals surface area contributed by atoms with Gasteiger partial charge in [-0.3, -0.25) is 4.79 Å². The Morgan fingerprint density at radius 3 is 2.72 bits per heavy atom. The van der Waals surface area contributed by atoms with Crippen molar-refractivity contribution >= 4 is 11.7 Å².